The van der Waals surface area contributed by atoms with Crippen LogP contribution in [-0.2, 0) is 11.4 Å². The highest BCUT2D eigenvalue weighted by Gasteiger charge is 2.36. The number of imidazole rings is 1. The number of nitrogens with one attached hydrogen (secondary N) is 1. The fraction of sp³-hybridized carbons (Fsp3) is 0.115. The van der Waals surface area contributed by atoms with Crippen molar-refractivity contribution in [2.75, 3.05) is 5.32 Å². The third kappa shape index (κ3) is 5.34. The van der Waals surface area contributed by atoms with Gasteiger partial charge in [-0.15, -0.1) is 0 Å². The summed E-state index contributed by atoms with van der Waals surface area (Å²) >= 11 is 6.34. The third-order valence-corrected chi connectivity index (χ3v) is 5.51. The molecule has 186 valence electrons. The Hall–Kier alpha value is -4.57. The maximum Gasteiger partial charge on any atom is 0.324 e. The van der Waals surface area contributed by atoms with Gasteiger partial charge in [0.1, 0.15) is 29.5 Å². The Bertz CT molecular complexity index is 1560. The van der Waals surface area contributed by atoms with Crippen molar-refractivity contribution in [2.24, 2.45) is 0 Å². The van der Waals surface area contributed by atoms with Gasteiger partial charge >= 0.3 is 17.8 Å². The van der Waals surface area contributed by atoms with Crippen LogP contribution >= 0.6 is 11.6 Å². The van der Waals surface area contributed by atoms with Crippen LogP contribution in [0.2, 0.25) is 5.02 Å². The lowest BCUT2D eigenvalue weighted by Gasteiger charge is -2.21. The number of benzene rings is 2. The zero-order valence-electron chi connectivity index (χ0n) is 19.5. The van der Waals surface area contributed by atoms with E-state index in [1.54, 1.807) is 47.0 Å². The number of halogens is 2. The van der Waals surface area contributed by atoms with Gasteiger partial charge in [0.25, 0.3) is 0 Å². The summed E-state index contributed by atoms with van der Waals surface area (Å²) in [5.41, 5.74) is 1.89. The van der Waals surface area contributed by atoms with Crippen LogP contribution in [0.15, 0.2) is 85.3 Å². The number of hydrogen-bond donors (Lipinski definition) is 1. The summed E-state index contributed by atoms with van der Waals surface area (Å²) < 4.78 is 27.8. The summed E-state index contributed by atoms with van der Waals surface area (Å²) in [6.45, 7) is 1.04. The highest BCUT2D eigenvalue weighted by molar-refractivity contribution is 6.32. The molecule has 3 heterocycles. The number of carbonyl (C=O) groups excluding carboxylic acids is 1. The predicted molar refractivity (Wildman–Crippen MR) is 135 cm³/mol. The third-order valence-electron chi connectivity index (χ3n) is 5.25. The number of ether oxygens (including phenoxy) is 2. The van der Waals surface area contributed by atoms with E-state index in [-0.39, 0.29) is 24.2 Å². The molecule has 11 heteroatoms. The van der Waals surface area contributed by atoms with Crippen molar-refractivity contribution in [3.63, 3.8) is 0 Å². The maximum absolute atomic E-state index is 14.9. The number of fused-ring (bicyclic) bond motifs is 1. The fourth-order valence-electron chi connectivity index (χ4n) is 3.53. The molecular formula is C26H20ClFN6O3. The maximum atomic E-state index is 14.9. The molecule has 0 fully saturated rings. The Morgan fingerprint density at radius 1 is 1.05 bits per heavy atom. The molecule has 5 aromatic rings. The van der Waals surface area contributed by atoms with Crippen molar-refractivity contribution >= 4 is 34.4 Å². The van der Waals surface area contributed by atoms with E-state index >= 15 is 0 Å². The van der Waals surface area contributed by atoms with Gasteiger partial charge in [0.15, 0.2) is 5.82 Å². The fourth-order valence-corrected chi connectivity index (χ4v) is 3.72. The zero-order valence-corrected chi connectivity index (χ0v) is 20.3. The van der Waals surface area contributed by atoms with Crippen molar-refractivity contribution in [3.05, 3.63) is 96.0 Å². The molecule has 0 saturated carbocycles. The molecule has 37 heavy (non-hydrogen) atoms. The first kappa shape index (κ1) is 24.1. The Labute approximate surface area is 215 Å². The molecule has 0 spiro atoms. The number of rotatable bonds is 8. The van der Waals surface area contributed by atoms with Gasteiger partial charge in [0.05, 0.1) is 22.9 Å². The minimum atomic E-state index is -2.61. The first-order chi connectivity index (χ1) is 17.9. The first-order valence-electron chi connectivity index (χ1n) is 11.2. The van der Waals surface area contributed by atoms with Crippen molar-refractivity contribution in [1.29, 1.82) is 0 Å². The number of amides is 1. The average molecular weight is 519 g/mol. The number of para-hydroxylation sites is 3. The summed E-state index contributed by atoms with van der Waals surface area (Å²) in [4.78, 5) is 29.7. The smallest absolute Gasteiger partial charge is 0.324 e. The normalized spacial score (nSPS) is 12.6. The molecular weight excluding hydrogens is 499 g/mol. The summed E-state index contributed by atoms with van der Waals surface area (Å²) in [5.74, 6) is -2.84. The van der Waals surface area contributed by atoms with Crippen LogP contribution in [0.5, 0.6) is 11.8 Å². The first-order valence-corrected chi connectivity index (χ1v) is 11.5. The van der Waals surface area contributed by atoms with Gasteiger partial charge in [-0.25, -0.2) is 19.5 Å². The van der Waals surface area contributed by atoms with Crippen LogP contribution in [0, 0.1) is 0 Å². The lowest BCUT2D eigenvalue weighted by molar-refractivity contribution is -0.144. The molecule has 0 aliphatic carbocycles. The standard InChI is InChI=1S/C26H20ClFN6O3/c1-26(28,37-18-9-3-2-4-10-18)24(35)33-22-13-7-8-17(31-22)15-36-25-32-20-11-5-6-12-21(20)34(25)23-19(27)14-29-16-30-23/h2-14,16H,15H2,1H3,(H,31,33,35). The van der Waals surface area contributed by atoms with E-state index < -0.39 is 11.8 Å². The van der Waals surface area contributed by atoms with E-state index in [2.05, 4.69) is 25.3 Å². The number of nitrogens with zero attached hydrogens (tertiary/aromatic N) is 5. The van der Waals surface area contributed by atoms with Crippen molar-refractivity contribution < 1.29 is 18.7 Å². The van der Waals surface area contributed by atoms with Gasteiger partial charge < -0.3 is 14.8 Å². The van der Waals surface area contributed by atoms with E-state index in [4.69, 9.17) is 21.1 Å². The van der Waals surface area contributed by atoms with Crippen molar-refractivity contribution in [3.8, 4) is 17.6 Å². The van der Waals surface area contributed by atoms with E-state index in [0.717, 1.165) is 12.4 Å². The molecule has 1 N–H and O–H groups in total. The number of anilines is 1. The highest BCUT2D eigenvalue weighted by atomic mass is 35.5. The topological polar surface area (TPSA) is 104 Å². The van der Waals surface area contributed by atoms with Crippen LogP contribution in [-0.4, -0.2) is 36.3 Å². The molecule has 1 amide bonds. The van der Waals surface area contributed by atoms with Crippen molar-refractivity contribution in [2.45, 2.75) is 19.4 Å². The Morgan fingerprint density at radius 2 is 1.84 bits per heavy atom. The minimum absolute atomic E-state index is 0.00312. The average Bonchev–Trinajstić information content (AvgIpc) is 3.26. The largest absolute Gasteiger partial charge is 0.458 e. The van der Waals surface area contributed by atoms with Gasteiger partial charge in [-0.3, -0.25) is 4.79 Å². The molecule has 1 unspecified atom stereocenters. The molecule has 0 radical (unpaired) electrons. The lowest BCUT2D eigenvalue weighted by Crippen LogP contribution is -2.41. The van der Waals surface area contributed by atoms with Crippen LogP contribution in [0.3, 0.4) is 0 Å². The van der Waals surface area contributed by atoms with E-state index in [9.17, 15) is 9.18 Å². The molecule has 2 aromatic carbocycles. The molecule has 0 bridgehead atoms. The molecule has 9 nitrogen and oxygen atoms in total. The van der Waals surface area contributed by atoms with Crippen LogP contribution < -0.4 is 14.8 Å². The van der Waals surface area contributed by atoms with Gasteiger partial charge in [-0.05, 0) is 36.4 Å². The van der Waals surface area contributed by atoms with Crippen LogP contribution in [0.25, 0.3) is 16.9 Å². The molecule has 1 atom stereocenters. The second-order valence-corrected chi connectivity index (χ2v) is 8.41. The minimum Gasteiger partial charge on any atom is -0.458 e. The summed E-state index contributed by atoms with van der Waals surface area (Å²) in [7, 11) is 0. The SMILES string of the molecule is CC(F)(Oc1ccccc1)C(=O)Nc1cccc(COc2nc3ccccc3n2-c2ncncc2Cl)n1. The number of carbonyl (C=O) groups is 1. The molecule has 5 rings (SSSR count). The lowest BCUT2D eigenvalue weighted by atomic mass is 10.3. The summed E-state index contributed by atoms with van der Waals surface area (Å²) in [6, 6.07) is 20.8. The Morgan fingerprint density at radius 3 is 2.65 bits per heavy atom. The highest BCUT2D eigenvalue weighted by Crippen LogP contribution is 2.29. The van der Waals surface area contributed by atoms with Gasteiger partial charge in [0.2, 0.25) is 0 Å². The molecule has 0 aliphatic rings. The number of pyridine rings is 1. The number of hydrogen-bond acceptors (Lipinski definition) is 7. The quantitative estimate of drug-likeness (QED) is 0.303. The molecule has 0 saturated heterocycles. The zero-order chi connectivity index (χ0) is 25.8. The monoisotopic (exact) mass is 518 g/mol. The van der Waals surface area contributed by atoms with E-state index in [0.29, 0.717) is 22.1 Å². The van der Waals surface area contributed by atoms with Gasteiger partial charge in [-0.2, -0.15) is 9.37 Å². The van der Waals surface area contributed by atoms with E-state index in [1.165, 1.54) is 18.6 Å². The predicted octanol–water partition coefficient (Wildman–Crippen LogP) is 5.15. The number of aromatic nitrogens is 5. The molecule has 3 aromatic heterocycles. The second-order valence-electron chi connectivity index (χ2n) is 8.00. The summed E-state index contributed by atoms with van der Waals surface area (Å²) in [6.07, 6.45) is 2.86. The molecule has 0 aliphatic heterocycles. The van der Waals surface area contributed by atoms with Crippen LogP contribution in [0.1, 0.15) is 12.6 Å². The Kier molecular flexibility index (Phi) is 6.65. The second kappa shape index (κ2) is 10.2. The van der Waals surface area contributed by atoms with Gasteiger partial charge in [-0.1, -0.05) is 48.0 Å². The number of alkyl halides is 1. The summed E-state index contributed by atoms with van der Waals surface area (Å²) in [5, 5.41) is 2.77. The van der Waals surface area contributed by atoms with Crippen molar-refractivity contribution in [1.82, 2.24) is 24.5 Å². The van der Waals surface area contributed by atoms with Gasteiger partial charge in [0, 0.05) is 6.92 Å². The van der Waals surface area contributed by atoms with E-state index in [1.807, 2.05) is 24.3 Å². The van der Waals surface area contributed by atoms with Crippen LogP contribution in [0.4, 0.5) is 10.2 Å². The Balaban J connectivity index is 1.33.